The molecule has 38 heavy (non-hydrogen) atoms. The quantitative estimate of drug-likeness (QED) is 0.224. The van der Waals surface area contributed by atoms with Crippen LogP contribution in [-0.4, -0.2) is 31.9 Å². The van der Waals surface area contributed by atoms with E-state index in [4.69, 9.17) is 4.98 Å². The van der Waals surface area contributed by atoms with Crippen LogP contribution in [0.1, 0.15) is 67.1 Å². The second kappa shape index (κ2) is 10.4. The van der Waals surface area contributed by atoms with Crippen LogP contribution in [0.3, 0.4) is 0 Å². The highest BCUT2D eigenvalue weighted by Crippen LogP contribution is 2.39. The average Bonchev–Trinajstić information content (AvgIpc) is 3.58. The highest BCUT2D eigenvalue weighted by Gasteiger charge is 2.34. The van der Waals surface area contributed by atoms with E-state index in [1.165, 1.54) is 72.5 Å². The van der Waals surface area contributed by atoms with Gasteiger partial charge in [0, 0.05) is 41.8 Å². The molecule has 1 unspecified atom stereocenters. The highest BCUT2D eigenvalue weighted by atomic mass is 15.2. The molecule has 2 aromatic heterocycles. The number of H-pyrrole nitrogens is 2. The molecule has 2 aliphatic rings. The largest absolute Gasteiger partial charge is 0.361 e. The molecular formula is C33H37N5. The minimum atomic E-state index is 0.467. The molecule has 0 amide bonds. The number of benzene rings is 3. The predicted molar refractivity (Wildman–Crippen MR) is 155 cm³/mol. The summed E-state index contributed by atoms with van der Waals surface area (Å²) in [4.78, 5) is 14.8. The summed E-state index contributed by atoms with van der Waals surface area (Å²) in [7, 11) is 0. The summed E-state index contributed by atoms with van der Waals surface area (Å²) in [5.74, 6) is 1.09. The summed E-state index contributed by atoms with van der Waals surface area (Å²) in [6.07, 6.45) is 10.8. The van der Waals surface area contributed by atoms with Gasteiger partial charge < -0.3 is 15.3 Å². The number of hydrogen-bond acceptors (Lipinski definition) is 3. The van der Waals surface area contributed by atoms with Crippen molar-refractivity contribution >= 4 is 21.9 Å². The van der Waals surface area contributed by atoms with E-state index in [0.29, 0.717) is 18.1 Å². The van der Waals surface area contributed by atoms with Crippen molar-refractivity contribution in [1.29, 1.82) is 0 Å². The number of para-hydroxylation sites is 3. The third-order valence-electron chi connectivity index (χ3n) is 8.93. The first-order chi connectivity index (χ1) is 18.8. The molecule has 0 aliphatic heterocycles. The first-order valence-corrected chi connectivity index (χ1v) is 14.4. The van der Waals surface area contributed by atoms with Gasteiger partial charge in [-0.3, -0.25) is 4.90 Å². The van der Waals surface area contributed by atoms with E-state index in [1.54, 1.807) is 0 Å². The molecule has 1 atom stereocenters. The third kappa shape index (κ3) is 4.65. The van der Waals surface area contributed by atoms with Gasteiger partial charge in [-0.25, -0.2) is 4.98 Å². The average molecular weight is 504 g/mol. The van der Waals surface area contributed by atoms with E-state index in [9.17, 15) is 0 Å². The second-order valence-corrected chi connectivity index (χ2v) is 11.2. The molecule has 5 aromatic rings. The zero-order valence-corrected chi connectivity index (χ0v) is 22.0. The Kier molecular flexibility index (Phi) is 6.48. The number of aromatic nitrogens is 3. The van der Waals surface area contributed by atoms with Crippen LogP contribution < -0.4 is 5.32 Å². The number of rotatable bonds is 7. The Labute approximate surface area is 224 Å². The number of aryl methyl sites for hydroxylation is 1. The lowest BCUT2D eigenvalue weighted by Crippen LogP contribution is -2.44. The van der Waals surface area contributed by atoms with Crippen LogP contribution in [0, 0.1) is 0 Å². The predicted octanol–water partition coefficient (Wildman–Crippen LogP) is 7.02. The van der Waals surface area contributed by atoms with Gasteiger partial charge in [-0.05, 0) is 79.8 Å². The van der Waals surface area contributed by atoms with Crippen molar-refractivity contribution in [3.05, 3.63) is 102 Å². The standard InChI is InChI=1S/C33H37N5/c1-2-11-28-23(8-1)9-7-15-32(28)38(22-33-36-30-13-5-6-14-31(30)37-33)26-18-16-25(17-19-26)34-20-24-21-35-29-12-4-3-10-27(24)29/h1-6,8,10-14,21,25-26,32,34-35H,7,9,15-20,22H2,(H,36,37). The fraction of sp³-hybridized carbons (Fsp3) is 0.364. The summed E-state index contributed by atoms with van der Waals surface area (Å²) in [5.41, 5.74) is 7.87. The van der Waals surface area contributed by atoms with Crippen molar-refractivity contribution < 1.29 is 0 Å². The Morgan fingerprint density at radius 3 is 2.53 bits per heavy atom. The molecule has 0 spiro atoms. The van der Waals surface area contributed by atoms with Gasteiger partial charge in [0.15, 0.2) is 0 Å². The molecule has 0 saturated heterocycles. The zero-order valence-electron chi connectivity index (χ0n) is 22.0. The van der Waals surface area contributed by atoms with Crippen molar-refractivity contribution in [2.24, 2.45) is 0 Å². The maximum atomic E-state index is 4.98. The number of fused-ring (bicyclic) bond motifs is 3. The van der Waals surface area contributed by atoms with Crippen molar-refractivity contribution in [2.75, 3.05) is 0 Å². The maximum Gasteiger partial charge on any atom is 0.121 e. The van der Waals surface area contributed by atoms with Gasteiger partial charge in [0.2, 0.25) is 0 Å². The molecule has 3 N–H and O–H groups in total. The van der Waals surface area contributed by atoms with E-state index < -0.39 is 0 Å². The minimum Gasteiger partial charge on any atom is -0.361 e. The number of nitrogens with one attached hydrogen (secondary N) is 3. The van der Waals surface area contributed by atoms with E-state index in [0.717, 1.165) is 29.9 Å². The first kappa shape index (κ1) is 23.7. The van der Waals surface area contributed by atoms with E-state index in [-0.39, 0.29) is 0 Å². The van der Waals surface area contributed by atoms with Crippen LogP contribution in [0.4, 0.5) is 0 Å². The smallest absolute Gasteiger partial charge is 0.121 e. The van der Waals surface area contributed by atoms with Gasteiger partial charge >= 0.3 is 0 Å². The molecule has 7 rings (SSSR count). The molecule has 0 bridgehead atoms. The van der Waals surface area contributed by atoms with Gasteiger partial charge in [0.1, 0.15) is 5.82 Å². The van der Waals surface area contributed by atoms with Crippen LogP contribution >= 0.6 is 0 Å². The summed E-state index contributed by atoms with van der Waals surface area (Å²) in [5, 5.41) is 5.22. The van der Waals surface area contributed by atoms with Crippen molar-refractivity contribution in [3.63, 3.8) is 0 Å². The summed E-state index contributed by atoms with van der Waals surface area (Å²) < 4.78 is 0. The SMILES string of the molecule is c1ccc2c(c1)CCCC2N(Cc1nc2ccccc2[nH]1)C1CCC(NCc2c[nH]c3ccccc23)CC1. The Morgan fingerprint density at radius 1 is 0.842 bits per heavy atom. The van der Waals surface area contributed by atoms with Crippen LogP contribution in [0.5, 0.6) is 0 Å². The van der Waals surface area contributed by atoms with Crippen molar-refractivity contribution in [1.82, 2.24) is 25.2 Å². The fourth-order valence-electron chi connectivity index (χ4n) is 6.96. The molecule has 5 heteroatoms. The van der Waals surface area contributed by atoms with Crippen LogP contribution in [0.25, 0.3) is 21.9 Å². The van der Waals surface area contributed by atoms with E-state index >= 15 is 0 Å². The monoisotopic (exact) mass is 503 g/mol. The van der Waals surface area contributed by atoms with Crippen molar-refractivity contribution in [2.45, 2.75) is 76.2 Å². The van der Waals surface area contributed by atoms with Crippen molar-refractivity contribution in [3.8, 4) is 0 Å². The molecule has 2 aliphatic carbocycles. The lowest BCUT2D eigenvalue weighted by Gasteiger charge is -2.43. The van der Waals surface area contributed by atoms with Gasteiger partial charge in [0.05, 0.1) is 17.6 Å². The molecular weight excluding hydrogens is 466 g/mol. The van der Waals surface area contributed by atoms with Gasteiger partial charge in [0.25, 0.3) is 0 Å². The van der Waals surface area contributed by atoms with E-state index in [1.807, 2.05) is 0 Å². The summed E-state index contributed by atoms with van der Waals surface area (Å²) in [6, 6.07) is 27.8. The summed E-state index contributed by atoms with van der Waals surface area (Å²) in [6.45, 7) is 1.81. The first-order valence-electron chi connectivity index (χ1n) is 14.4. The number of aromatic amines is 2. The summed E-state index contributed by atoms with van der Waals surface area (Å²) >= 11 is 0. The minimum absolute atomic E-state index is 0.467. The lowest BCUT2D eigenvalue weighted by atomic mass is 9.83. The molecule has 194 valence electrons. The molecule has 2 heterocycles. The molecule has 1 saturated carbocycles. The molecule has 3 aromatic carbocycles. The normalized spacial score (nSPS) is 21.8. The van der Waals surface area contributed by atoms with Crippen LogP contribution in [-0.2, 0) is 19.5 Å². The van der Waals surface area contributed by atoms with E-state index in [2.05, 4.69) is 99.2 Å². The number of hydrogen-bond donors (Lipinski definition) is 3. The maximum absolute atomic E-state index is 4.98. The third-order valence-corrected chi connectivity index (χ3v) is 8.93. The number of imidazole rings is 1. The molecule has 5 nitrogen and oxygen atoms in total. The fourth-order valence-corrected chi connectivity index (χ4v) is 6.96. The van der Waals surface area contributed by atoms with Gasteiger partial charge in [-0.15, -0.1) is 0 Å². The second-order valence-electron chi connectivity index (χ2n) is 11.2. The highest BCUT2D eigenvalue weighted by molar-refractivity contribution is 5.83. The number of nitrogens with zero attached hydrogens (tertiary/aromatic N) is 2. The zero-order chi connectivity index (χ0) is 25.3. The molecule has 0 radical (unpaired) electrons. The topological polar surface area (TPSA) is 59.7 Å². The lowest BCUT2D eigenvalue weighted by molar-refractivity contribution is 0.0751. The van der Waals surface area contributed by atoms with Crippen LogP contribution in [0.2, 0.25) is 0 Å². The van der Waals surface area contributed by atoms with Crippen LogP contribution in [0.15, 0.2) is 79.0 Å². The molecule has 1 fully saturated rings. The Balaban J connectivity index is 1.08. The van der Waals surface area contributed by atoms with Gasteiger partial charge in [-0.2, -0.15) is 0 Å². The van der Waals surface area contributed by atoms with Gasteiger partial charge in [-0.1, -0.05) is 54.6 Å². The Hall–Kier alpha value is -3.41. The Morgan fingerprint density at radius 2 is 1.63 bits per heavy atom. The Bertz CT molecular complexity index is 1490.